The van der Waals surface area contributed by atoms with E-state index < -0.39 is 17.5 Å². The first-order valence-electron chi connectivity index (χ1n) is 9.52. The topological polar surface area (TPSA) is 68.1 Å². The molecular formula is C23H12BrFN4O2. The standard InChI is InChI=1S/C23H12BrFN4O2/c24-13-7-10-18-17(11-13)20-26-21(30)19(12-5-8-14(25)9-6-12)27-29(20)22-15-3-1-2-4-16(15)23(31)28(18)22/h1-11,22H/t22-/m0/s1. The van der Waals surface area contributed by atoms with Gasteiger partial charge in [0.2, 0.25) is 0 Å². The molecule has 6 rings (SSSR count). The summed E-state index contributed by atoms with van der Waals surface area (Å²) in [5.41, 5.74) is 2.69. The Bertz CT molecular complexity index is 1470. The van der Waals surface area contributed by atoms with Crippen LogP contribution in [0.4, 0.5) is 10.1 Å². The van der Waals surface area contributed by atoms with Crippen LogP contribution in [0.25, 0.3) is 22.6 Å². The normalized spacial score (nSPS) is 15.9. The second-order valence-electron chi connectivity index (χ2n) is 7.34. The molecule has 6 nitrogen and oxygen atoms in total. The molecule has 0 fully saturated rings. The van der Waals surface area contributed by atoms with E-state index in [2.05, 4.69) is 26.0 Å². The van der Waals surface area contributed by atoms with Gasteiger partial charge in [-0.25, -0.2) is 9.07 Å². The lowest BCUT2D eigenvalue weighted by atomic mass is 10.1. The minimum Gasteiger partial charge on any atom is -0.280 e. The van der Waals surface area contributed by atoms with Crippen molar-refractivity contribution in [2.45, 2.75) is 6.17 Å². The number of fused-ring (bicyclic) bond motifs is 8. The lowest BCUT2D eigenvalue weighted by Crippen LogP contribution is -2.39. The average Bonchev–Trinajstić information content (AvgIpc) is 3.07. The van der Waals surface area contributed by atoms with Gasteiger partial charge in [-0.05, 0) is 48.5 Å². The fraction of sp³-hybridized carbons (Fsp3) is 0.0435. The Morgan fingerprint density at radius 1 is 0.935 bits per heavy atom. The maximum atomic E-state index is 13.4. The Balaban J connectivity index is 1.68. The van der Waals surface area contributed by atoms with Gasteiger partial charge >= 0.3 is 0 Å². The summed E-state index contributed by atoms with van der Waals surface area (Å²) in [6.07, 6.45) is -0.570. The molecule has 0 N–H and O–H groups in total. The molecule has 3 aromatic carbocycles. The first-order valence-corrected chi connectivity index (χ1v) is 10.3. The molecule has 2 aliphatic heterocycles. The smallest absolute Gasteiger partial charge is 0.280 e. The highest BCUT2D eigenvalue weighted by Gasteiger charge is 2.44. The predicted molar refractivity (Wildman–Crippen MR) is 116 cm³/mol. The Labute approximate surface area is 183 Å². The van der Waals surface area contributed by atoms with E-state index in [0.29, 0.717) is 28.2 Å². The van der Waals surface area contributed by atoms with Crippen LogP contribution in [-0.4, -0.2) is 20.7 Å². The number of carbonyl (C=O) groups excluding carboxylic acids is 1. The first-order chi connectivity index (χ1) is 15.0. The molecule has 1 aromatic heterocycles. The Hall–Kier alpha value is -3.65. The monoisotopic (exact) mass is 474 g/mol. The van der Waals surface area contributed by atoms with Gasteiger partial charge in [-0.15, -0.1) is 0 Å². The number of carbonyl (C=O) groups is 1. The van der Waals surface area contributed by atoms with Gasteiger partial charge < -0.3 is 0 Å². The molecule has 1 atom stereocenters. The first kappa shape index (κ1) is 18.1. The average molecular weight is 475 g/mol. The highest BCUT2D eigenvalue weighted by atomic mass is 79.9. The third-order valence-corrected chi connectivity index (χ3v) is 6.07. The molecule has 0 radical (unpaired) electrons. The maximum absolute atomic E-state index is 13.4. The van der Waals surface area contributed by atoms with Gasteiger partial charge in [0.1, 0.15) is 5.82 Å². The van der Waals surface area contributed by atoms with Gasteiger partial charge in [0, 0.05) is 26.7 Å². The third-order valence-electron chi connectivity index (χ3n) is 5.58. The van der Waals surface area contributed by atoms with E-state index in [0.717, 1.165) is 10.0 Å². The number of amides is 1. The van der Waals surface area contributed by atoms with E-state index in [4.69, 9.17) is 0 Å². The Kier molecular flexibility index (Phi) is 3.76. The molecule has 31 heavy (non-hydrogen) atoms. The molecule has 0 unspecified atom stereocenters. The number of aromatic nitrogens is 3. The van der Waals surface area contributed by atoms with Gasteiger partial charge in [0.15, 0.2) is 17.7 Å². The van der Waals surface area contributed by atoms with Crippen LogP contribution < -0.4 is 10.5 Å². The zero-order valence-electron chi connectivity index (χ0n) is 15.8. The summed E-state index contributed by atoms with van der Waals surface area (Å²) >= 11 is 3.46. The van der Waals surface area contributed by atoms with Crippen molar-refractivity contribution in [3.63, 3.8) is 0 Å². The van der Waals surface area contributed by atoms with Crippen LogP contribution in [0, 0.1) is 5.82 Å². The Morgan fingerprint density at radius 2 is 1.71 bits per heavy atom. The second kappa shape index (κ2) is 6.42. The van der Waals surface area contributed by atoms with E-state index >= 15 is 0 Å². The van der Waals surface area contributed by atoms with Crippen LogP contribution in [0.5, 0.6) is 0 Å². The second-order valence-corrected chi connectivity index (χ2v) is 8.25. The number of benzene rings is 3. The van der Waals surface area contributed by atoms with Gasteiger partial charge in [-0.2, -0.15) is 10.1 Å². The van der Waals surface area contributed by atoms with Crippen molar-refractivity contribution in [2.24, 2.45) is 0 Å². The van der Waals surface area contributed by atoms with Gasteiger partial charge in [0.05, 0.1) is 5.69 Å². The van der Waals surface area contributed by atoms with Crippen LogP contribution >= 0.6 is 15.9 Å². The van der Waals surface area contributed by atoms with E-state index in [1.54, 1.807) is 15.6 Å². The van der Waals surface area contributed by atoms with Crippen LogP contribution in [0.2, 0.25) is 0 Å². The van der Waals surface area contributed by atoms with Gasteiger partial charge in [-0.1, -0.05) is 34.1 Å². The number of rotatable bonds is 1. The van der Waals surface area contributed by atoms with Crippen LogP contribution in [0.1, 0.15) is 22.1 Å². The summed E-state index contributed by atoms with van der Waals surface area (Å²) in [7, 11) is 0. The summed E-state index contributed by atoms with van der Waals surface area (Å²) in [4.78, 5) is 32.2. The molecule has 0 aliphatic carbocycles. The zero-order chi connectivity index (χ0) is 21.3. The van der Waals surface area contributed by atoms with Crippen LogP contribution in [-0.2, 0) is 0 Å². The van der Waals surface area contributed by atoms with E-state index in [1.807, 2.05) is 36.4 Å². The van der Waals surface area contributed by atoms with Crippen molar-refractivity contribution in [1.82, 2.24) is 14.8 Å². The minimum absolute atomic E-state index is 0.0963. The van der Waals surface area contributed by atoms with Crippen molar-refractivity contribution in [1.29, 1.82) is 0 Å². The molecule has 1 amide bonds. The van der Waals surface area contributed by atoms with Crippen molar-refractivity contribution in [3.05, 3.63) is 98.5 Å². The lowest BCUT2D eigenvalue weighted by molar-refractivity contribution is 0.0986. The molecule has 3 heterocycles. The third kappa shape index (κ3) is 2.55. The number of nitrogens with zero attached hydrogens (tertiary/aromatic N) is 4. The molecule has 0 spiro atoms. The van der Waals surface area contributed by atoms with Crippen molar-refractivity contribution in [3.8, 4) is 22.6 Å². The highest BCUT2D eigenvalue weighted by Crippen LogP contribution is 2.47. The van der Waals surface area contributed by atoms with Crippen LogP contribution in [0.15, 0.2) is 76.0 Å². The molecule has 0 bridgehead atoms. The SMILES string of the molecule is O=C1c2ccccc2[C@H]2N1c1ccc(Br)cc1-c1nc(=O)c(-c3ccc(F)cc3)nn12. The fourth-order valence-electron chi connectivity index (χ4n) is 4.22. The van der Waals surface area contributed by atoms with Crippen LogP contribution in [0.3, 0.4) is 0 Å². The van der Waals surface area contributed by atoms with Crippen molar-refractivity contribution < 1.29 is 9.18 Å². The predicted octanol–water partition coefficient (Wildman–Crippen LogP) is 4.39. The summed E-state index contributed by atoms with van der Waals surface area (Å²) in [5, 5.41) is 4.63. The Morgan fingerprint density at radius 3 is 2.52 bits per heavy atom. The molecule has 2 aliphatic rings. The highest BCUT2D eigenvalue weighted by molar-refractivity contribution is 9.10. The van der Waals surface area contributed by atoms with E-state index in [-0.39, 0.29) is 11.6 Å². The summed E-state index contributed by atoms with van der Waals surface area (Å²) in [6, 6.07) is 18.4. The quantitative estimate of drug-likeness (QED) is 0.410. The van der Waals surface area contributed by atoms with Gasteiger partial charge in [-0.3, -0.25) is 14.5 Å². The van der Waals surface area contributed by atoms with Crippen molar-refractivity contribution >= 4 is 27.5 Å². The molecule has 0 saturated heterocycles. The van der Waals surface area contributed by atoms with E-state index in [1.165, 1.54) is 24.3 Å². The summed E-state index contributed by atoms with van der Waals surface area (Å²) < 4.78 is 15.8. The molecule has 0 saturated carbocycles. The number of halogens is 2. The summed E-state index contributed by atoms with van der Waals surface area (Å²) in [5.74, 6) is -0.174. The van der Waals surface area contributed by atoms with Crippen molar-refractivity contribution in [2.75, 3.05) is 4.90 Å². The zero-order valence-corrected chi connectivity index (χ0v) is 17.4. The maximum Gasteiger partial charge on any atom is 0.300 e. The molecule has 8 heteroatoms. The van der Waals surface area contributed by atoms with E-state index in [9.17, 15) is 14.0 Å². The fourth-order valence-corrected chi connectivity index (χ4v) is 4.58. The number of hydrogen-bond donors (Lipinski definition) is 0. The number of anilines is 1. The minimum atomic E-state index is -0.570. The number of hydrogen-bond acceptors (Lipinski definition) is 4. The lowest BCUT2D eigenvalue weighted by Gasteiger charge is -2.34. The summed E-state index contributed by atoms with van der Waals surface area (Å²) in [6.45, 7) is 0. The molecular weight excluding hydrogens is 463 g/mol. The molecule has 4 aromatic rings. The van der Waals surface area contributed by atoms with Gasteiger partial charge in [0.25, 0.3) is 11.5 Å². The molecule has 150 valence electrons. The largest absolute Gasteiger partial charge is 0.300 e.